The number of methoxy groups -OCH3 is 4. The van der Waals surface area contributed by atoms with E-state index in [2.05, 4.69) is 0 Å². The topological polar surface area (TPSA) is 116 Å². The lowest BCUT2D eigenvalue weighted by atomic mass is 9.81. The number of fused-ring (bicyclic) bond motifs is 4. The van der Waals surface area contributed by atoms with Crippen LogP contribution in [0.3, 0.4) is 0 Å². The fourth-order valence-corrected chi connectivity index (χ4v) is 6.29. The average molecular weight is 563 g/mol. The summed E-state index contributed by atoms with van der Waals surface area (Å²) in [4.78, 5) is 0. The van der Waals surface area contributed by atoms with Crippen molar-refractivity contribution in [1.82, 2.24) is 0 Å². The third kappa shape index (κ3) is 4.02. The summed E-state index contributed by atoms with van der Waals surface area (Å²) in [6.07, 6.45) is -1.02. The first kappa shape index (κ1) is 27.3. The van der Waals surface area contributed by atoms with E-state index in [9.17, 15) is 15.3 Å². The Labute approximate surface area is 237 Å². The third-order valence-electron chi connectivity index (χ3n) is 8.38. The van der Waals surface area contributed by atoms with Crippen LogP contribution in [0, 0.1) is 0 Å². The number of aromatic hydroxyl groups is 2. The SMILES string of the molecule is COc1cc(OC)c2c(O)c3c(c(-c4c(OC)cc(OC)c5c(O)c6c(cc45)C[C@H](C)OC6)c2c1)[C@@H](O)[C@@H](C)OC3. The van der Waals surface area contributed by atoms with Gasteiger partial charge >= 0.3 is 0 Å². The molecule has 216 valence electrons. The van der Waals surface area contributed by atoms with Gasteiger partial charge in [-0.05, 0) is 38.0 Å². The molecular weight excluding hydrogens is 528 g/mol. The molecular formula is C32H34O9. The molecule has 2 heterocycles. The summed E-state index contributed by atoms with van der Waals surface area (Å²) in [6, 6.07) is 7.28. The van der Waals surface area contributed by atoms with Crippen LogP contribution in [-0.2, 0) is 29.1 Å². The number of phenolic OH excluding ortho intramolecular Hbond substituents is 2. The first-order valence-electron chi connectivity index (χ1n) is 13.5. The molecule has 0 unspecified atom stereocenters. The van der Waals surface area contributed by atoms with Crippen LogP contribution in [-0.4, -0.2) is 56.0 Å². The smallest absolute Gasteiger partial charge is 0.134 e. The van der Waals surface area contributed by atoms with Gasteiger partial charge in [0.15, 0.2) is 0 Å². The largest absolute Gasteiger partial charge is 0.507 e. The highest BCUT2D eigenvalue weighted by Crippen LogP contribution is 2.55. The van der Waals surface area contributed by atoms with Crippen LogP contribution in [0.1, 0.15) is 42.2 Å². The summed E-state index contributed by atoms with van der Waals surface area (Å²) in [6.45, 7) is 4.15. The van der Waals surface area contributed by atoms with Crippen molar-refractivity contribution < 1.29 is 43.7 Å². The van der Waals surface area contributed by atoms with Gasteiger partial charge in [0.2, 0.25) is 0 Å². The Hall–Kier alpha value is -3.92. The van der Waals surface area contributed by atoms with Gasteiger partial charge in [-0.3, -0.25) is 0 Å². The first-order chi connectivity index (χ1) is 19.7. The van der Waals surface area contributed by atoms with Crippen molar-refractivity contribution in [2.24, 2.45) is 0 Å². The molecule has 0 radical (unpaired) electrons. The van der Waals surface area contributed by atoms with Gasteiger partial charge in [-0.15, -0.1) is 0 Å². The lowest BCUT2D eigenvalue weighted by Crippen LogP contribution is -2.26. The molecule has 6 rings (SSSR count). The number of aliphatic hydroxyl groups is 1. The monoisotopic (exact) mass is 562 g/mol. The van der Waals surface area contributed by atoms with Gasteiger partial charge in [0.1, 0.15) is 40.6 Å². The fourth-order valence-electron chi connectivity index (χ4n) is 6.29. The standard InChI is InChI=1S/C32H34O9/c1-14-7-16-8-18-25(23(38-5)11-24(39-6)26(18)31(34)20(16)12-40-14)28-19-9-17(36-3)10-22(37-4)27(19)32(35)21-13-41-15(2)30(33)29(21)28/h8-11,14-15,30,33-35H,7,12-13H2,1-6H3/t14-,15+,30-/m0/s1. The highest BCUT2D eigenvalue weighted by atomic mass is 16.5. The molecule has 9 heteroatoms. The third-order valence-corrected chi connectivity index (χ3v) is 8.38. The van der Waals surface area contributed by atoms with Crippen LogP contribution in [0.15, 0.2) is 24.3 Å². The zero-order valence-electron chi connectivity index (χ0n) is 24.0. The molecule has 4 aromatic rings. The maximum atomic E-state index is 11.6. The summed E-state index contributed by atoms with van der Waals surface area (Å²) in [5, 5.41) is 37.0. The molecule has 41 heavy (non-hydrogen) atoms. The van der Waals surface area contributed by atoms with E-state index in [0.29, 0.717) is 78.8 Å². The second-order valence-electron chi connectivity index (χ2n) is 10.6. The Balaban J connectivity index is 1.87. The van der Waals surface area contributed by atoms with Gasteiger partial charge in [0.05, 0.1) is 64.6 Å². The van der Waals surface area contributed by atoms with Crippen molar-refractivity contribution in [3.63, 3.8) is 0 Å². The van der Waals surface area contributed by atoms with Crippen LogP contribution in [0.4, 0.5) is 0 Å². The minimum Gasteiger partial charge on any atom is -0.507 e. The molecule has 0 amide bonds. The highest BCUT2D eigenvalue weighted by Gasteiger charge is 2.36. The lowest BCUT2D eigenvalue weighted by molar-refractivity contribution is -0.0527. The molecule has 0 fully saturated rings. The minimum absolute atomic E-state index is 0.0223. The molecule has 3 atom stereocenters. The van der Waals surface area contributed by atoms with Crippen LogP contribution >= 0.6 is 0 Å². The normalized spacial score (nSPS) is 20.0. The van der Waals surface area contributed by atoms with E-state index < -0.39 is 12.2 Å². The zero-order valence-corrected chi connectivity index (χ0v) is 24.0. The second-order valence-corrected chi connectivity index (χ2v) is 10.6. The van der Waals surface area contributed by atoms with Crippen LogP contribution in [0.25, 0.3) is 32.7 Å². The van der Waals surface area contributed by atoms with Crippen molar-refractivity contribution in [1.29, 1.82) is 0 Å². The summed E-state index contributed by atoms with van der Waals surface area (Å²) in [5.41, 5.74) is 3.89. The molecule has 2 aliphatic heterocycles. The fraction of sp³-hybridized carbons (Fsp3) is 0.375. The predicted octanol–water partition coefficient (Wildman–Crippen LogP) is 5.52. The number of aliphatic hydroxyl groups excluding tert-OH is 1. The van der Waals surface area contributed by atoms with E-state index in [0.717, 1.165) is 5.56 Å². The highest BCUT2D eigenvalue weighted by molar-refractivity contribution is 6.15. The van der Waals surface area contributed by atoms with Crippen molar-refractivity contribution in [2.45, 2.75) is 51.8 Å². The first-order valence-corrected chi connectivity index (χ1v) is 13.5. The van der Waals surface area contributed by atoms with Gasteiger partial charge < -0.3 is 43.7 Å². The number of rotatable bonds is 5. The molecule has 0 bridgehead atoms. The van der Waals surface area contributed by atoms with Crippen molar-refractivity contribution in [2.75, 3.05) is 28.4 Å². The number of benzene rings is 4. The molecule has 0 saturated heterocycles. The van der Waals surface area contributed by atoms with Crippen molar-refractivity contribution >= 4 is 21.5 Å². The molecule has 2 aliphatic rings. The Bertz CT molecular complexity index is 1690. The number of hydrogen-bond donors (Lipinski definition) is 3. The molecule has 0 aliphatic carbocycles. The number of phenols is 2. The van der Waals surface area contributed by atoms with Crippen molar-refractivity contribution in [3.05, 3.63) is 46.5 Å². The van der Waals surface area contributed by atoms with Gasteiger partial charge in [-0.1, -0.05) is 0 Å². The summed E-state index contributed by atoms with van der Waals surface area (Å²) >= 11 is 0. The van der Waals surface area contributed by atoms with Crippen LogP contribution in [0.5, 0.6) is 34.5 Å². The Morgan fingerprint density at radius 2 is 1.32 bits per heavy atom. The van der Waals surface area contributed by atoms with E-state index in [-0.39, 0.29) is 30.8 Å². The molecule has 0 saturated carbocycles. The van der Waals surface area contributed by atoms with E-state index in [1.54, 1.807) is 40.4 Å². The number of ether oxygens (including phenoxy) is 6. The van der Waals surface area contributed by atoms with E-state index in [4.69, 9.17) is 28.4 Å². The zero-order chi connectivity index (χ0) is 29.2. The summed E-state index contributed by atoms with van der Waals surface area (Å²) in [5.74, 6) is 1.85. The average Bonchev–Trinajstić information content (AvgIpc) is 2.98. The molecule has 4 aromatic carbocycles. The Morgan fingerprint density at radius 3 is 1.98 bits per heavy atom. The van der Waals surface area contributed by atoms with Gasteiger partial charge in [0.25, 0.3) is 0 Å². The predicted molar refractivity (Wildman–Crippen MR) is 154 cm³/mol. The second kappa shape index (κ2) is 10.2. The van der Waals surface area contributed by atoms with E-state index in [1.807, 2.05) is 19.1 Å². The Morgan fingerprint density at radius 1 is 0.707 bits per heavy atom. The van der Waals surface area contributed by atoms with E-state index >= 15 is 0 Å². The van der Waals surface area contributed by atoms with Crippen LogP contribution in [0.2, 0.25) is 0 Å². The Kier molecular flexibility index (Phi) is 6.76. The molecule has 0 aromatic heterocycles. The minimum atomic E-state index is -1.07. The van der Waals surface area contributed by atoms with Gasteiger partial charge in [-0.2, -0.15) is 0 Å². The van der Waals surface area contributed by atoms with Gasteiger partial charge in [-0.25, -0.2) is 0 Å². The number of hydrogen-bond acceptors (Lipinski definition) is 9. The lowest BCUT2D eigenvalue weighted by Gasteiger charge is -2.33. The molecule has 0 spiro atoms. The van der Waals surface area contributed by atoms with E-state index in [1.165, 1.54) is 7.11 Å². The van der Waals surface area contributed by atoms with Gasteiger partial charge in [0, 0.05) is 50.7 Å². The molecule has 9 nitrogen and oxygen atoms in total. The maximum absolute atomic E-state index is 11.6. The summed E-state index contributed by atoms with van der Waals surface area (Å²) < 4.78 is 34.8. The van der Waals surface area contributed by atoms with Crippen LogP contribution < -0.4 is 18.9 Å². The quantitative estimate of drug-likeness (QED) is 0.289. The molecule has 3 N–H and O–H groups in total. The maximum Gasteiger partial charge on any atom is 0.134 e. The van der Waals surface area contributed by atoms with Crippen molar-refractivity contribution in [3.8, 4) is 45.6 Å². The summed E-state index contributed by atoms with van der Waals surface area (Å²) in [7, 11) is 6.19.